The van der Waals surface area contributed by atoms with Gasteiger partial charge >= 0.3 is 0 Å². The van der Waals surface area contributed by atoms with Crippen LogP contribution in [0.5, 0.6) is 0 Å². The Balaban J connectivity index is 1.11. The summed E-state index contributed by atoms with van der Waals surface area (Å²) in [4.78, 5) is 24.6. The van der Waals surface area contributed by atoms with Crippen LogP contribution in [-0.2, 0) is 0 Å². The average Bonchev–Trinajstić information content (AvgIpc) is 4.21. The van der Waals surface area contributed by atoms with Crippen LogP contribution in [0.2, 0.25) is 0 Å². The molecule has 0 fully saturated rings. The van der Waals surface area contributed by atoms with Crippen molar-refractivity contribution < 1.29 is 0 Å². The standard InChI is InChI=1S/C67H44N8/c1-2-3-4-8-25-45-42-46(65-70-66(54-32-19-21-40-68-54)72-67(71-65)55-33-20-22-41-69-55)43-53(44-23-9-5-10-24-44)62(45)75-57-35-18-16-31-52(57)61-59(75)39-37-50-49-36-38-58-60(63(49)74(64(50)61)48-28-13-7-14-29-48)51-30-15-17-34-56(51)73(58)47-26-11-6-12-27-47/h2-43H,1H2/b4-3-,25-8+. The molecule has 14 rings (SSSR count). The molecule has 0 bridgehead atoms. The van der Waals surface area contributed by atoms with Crippen molar-refractivity contribution in [3.63, 3.8) is 0 Å². The number of pyridine rings is 2. The summed E-state index contributed by atoms with van der Waals surface area (Å²) in [6, 6.07) is 75.0. The van der Waals surface area contributed by atoms with Crippen molar-refractivity contribution in [2.45, 2.75) is 0 Å². The zero-order chi connectivity index (χ0) is 49.8. The van der Waals surface area contributed by atoms with Crippen molar-refractivity contribution in [3.05, 3.63) is 261 Å². The van der Waals surface area contributed by atoms with Crippen molar-refractivity contribution in [2.24, 2.45) is 0 Å². The van der Waals surface area contributed by atoms with E-state index in [0.29, 0.717) is 28.9 Å². The molecule has 8 heteroatoms. The summed E-state index contributed by atoms with van der Waals surface area (Å²) in [5, 5.41) is 7.08. The fraction of sp³-hybridized carbons (Fsp3) is 0. The zero-order valence-electron chi connectivity index (χ0n) is 40.5. The SMILES string of the molecule is C=C/C=C\C=C\c1cc(-c2nc(-c3ccccn3)nc(-c3ccccn3)n2)cc(-c2ccccc2)c1-n1c2ccccc2c2c1ccc1c3ccc4c(c5ccccc5n4-c4ccccc4)c3n(-c3ccccc3)c12. The zero-order valence-corrected chi connectivity index (χ0v) is 40.5. The fourth-order valence-corrected chi connectivity index (χ4v) is 11.1. The van der Waals surface area contributed by atoms with Crippen LogP contribution in [0.15, 0.2) is 256 Å². The molecule has 75 heavy (non-hydrogen) atoms. The first-order valence-corrected chi connectivity index (χ1v) is 25.0. The minimum Gasteiger partial charge on any atom is -0.309 e. The van der Waals surface area contributed by atoms with Crippen molar-refractivity contribution in [1.82, 2.24) is 38.6 Å². The van der Waals surface area contributed by atoms with Gasteiger partial charge in [0.05, 0.1) is 38.8 Å². The monoisotopic (exact) mass is 960 g/mol. The van der Waals surface area contributed by atoms with E-state index in [9.17, 15) is 0 Å². The first-order chi connectivity index (χ1) is 37.2. The first kappa shape index (κ1) is 43.5. The number of hydrogen-bond donors (Lipinski definition) is 0. The van der Waals surface area contributed by atoms with Gasteiger partial charge in [0.15, 0.2) is 17.5 Å². The molecule has 0 radical (unpaired) electrons. The van der Waals surface area contributed by atoms with E-state index in [4.69, 9.17) is 15.0 Å². The first-order valence-electron chi connectivity index (χ1n) is 25.0. The summed E-state index contributed by atoms with van der Waals surface area (Å²) in [5.41, 5.74) is 15.1. The van der Waals surface area contributed by atoms with Crippen LogP contribution in [0.25, 0.3) is 134 Å². The normalized spacial score (nSPS) is 11.9. The summed E-state index contributed by atoms with van der Waals surface area (Å²) >= 11 is 0. The summed E-state index contributed by atoms with van der Waals surface area (Å²) in [5.74, 6) is 1.42. The van der Waals surface area contributed by atoms with Crippen LogP contribution in [0.3, 0.4) is 0 Å². The Morgan fingerprint density at radius 1 is 0.373 bits per heavy atom. The molecule has 0 atom stereocenters. The van der Waals surface area contributed by atoms with Crippen LogP contribution in [-0.4, -0.2) is 38.6 Å². The Bertz CT molecular complexity index is 4510. The molecule has 0 aliphatic rings. The number of fused-ring (bicyclic) bond motifs is 11. The van der Waals surface area contributed by atoms with E-state index < -0.39 is 0 Å². The van der Waals surface area contributed by atoms with Gasteiger partial charge in [0, 0.05) is 67.2 Å². The molecule has 6 aromatic heterocycles. The predicted molar refractivity (Wildman–Crippen MR) is 309 cm³/mol. The quantitative estimate of drug-likeness (QED) is 0.128. The number of allylic oxidation sites excluding steroid dienone is 4. The van der Waals surface area contributed by atoms with Crippen LogP contribution >= 0.6 is 0 Å². The number of rotatable bonds is 10. The van der Waals surface area contributed by atoms with Gasteiger partial charge in [-0.15, -0.1) is 0 Å². The average molecular weight is 961 g/mol. The Labute approximate surface area is 431 Å². The summed E-state index contributed by atoms with van der Waals surface area (Å²) in [7, 11) is 0. The minimum atomic E-state index is 0.458. The van der Waals surface area contributed by atoms with E-state index in [1.807, 2.05) is 48.6 Å². The number of benzene rings is 8. The highest BCUT2D eigenvalue weighted by atomic mass is 15.1. The van der Waals surface area contributed by atoms with Gasteiger partial charge in [0.1, 0.15) is 11.4 Å². The number of para-hydroxylation sites is 4. The smallest absolute Gasteiger partial charge is 0.182 e. The molecule has 0 amide bonds. The molecule has 6 heterocycles. The molecule has 0 saturated carbocycles. The third-order valence-electron chi connectivity index (χ3n) is 14.2. The molecule has 14 aromatic rings. The number of hydrogen-bond acceptors (Lipinski definition) is 5. The maximum absolute atomic E-state index is 5.15. The number of nitrogens with zero attached hydrogens (tertiary/aromatic N) is 8. The van der Waals surface area contributed by atoms with Gasteiger partial charge in [-0.1, -0.05) is 164 Å². The highest BCUT2D eigenvalue weighted by molar-refractivity contribution is 6.31. The molecule has 0 aliphatic carbocycles. The molecule has 352 valence electrons. The third-order valence-corrected chi connectivity index (χ3v) is 14.2. The Morgan fingerprint density at radius 2 is 0.880 bits per heavy atom. The second-order valence-corrected chi connectivity index (χ2v) is 18.5. The van der Waals surface area contributed by atoms with Crippen LogP contribution < -0.4 is 0 Å². The van der Waals surface area contributed by atoms with E-state index in [1.54, 1.807) is 18.5 Å². The van der Waals surface area contributed by atoms with Crippen LogP contribution in [0, 0.1) is 0 Å². The van der Waals surface area contributed by atoms with Gasteiger partial charge in [-0.2, -0.15) is 0 Å². The Morgan fingerprint density at radius 3 is 1.45 bits per heavy atom. The van der Waals surface area contributed by atoms with Gasteiger partial charge < -0.3 is 13.7 Å². The summed E-state index contributed by atoms with van der Waals surface area (Å²) in [6.45, 7) is 3.96. The molecular formula is C67H44N8. The fourth-order valence-electron chi connectivity index (χ4n) is 11.1. The van der Waals surface area contributed by atoms with E-state index >= 15 is 0 Å². The lowest BCUT2D eigenvalue weighted by Gasteiger charge is -2.19. The maximum atomic E-state index is 5.15. The second-order valence-electron chi connectivity index (χ2n) is 18.5. The van der Waals surface area contributed by atoms with E-state index in [2.05, 4.69) is 218 Å². The molecule has 0 N–H and O–H groups in total. The van der Waals surface area contributed by atoms with E-state index in [-0.39, 0.29) is 0 Å². The van der Waals surface area contributed by atoms with Crippen LogP contribution in [0.4, 0.5) is 0 Å². The van der Waals surface area contributed by atoms with Crippen molar-refractivity contribution >= 4 is 71.5 Å². The lowest BCUT2D eigenvalue weighted by atomic mass is 9.95. The molecule has 0 spiro atoms. The van der Waals surface area contributed by atoms with Gasteiger partial charge in [-0.25, -0.2) is 15.0 Å². The van der Waals surface area contributed by atoms with Crippen LogP contribution in [0.1, 0.15) is 5.56 Å². The molecule has 0 aliphatic heterocycles. The van der Waals surface area contributed by atoms with Gasteiger partial charge in [0.2, 0.25) is 0 Å². The van der Waals surface area contributed by atoms with Gasteiger partial charge in [0.25, 0.3) is 0 Å². The summed E-state index contributed by atoms with van der Waals surface area (Å²) < 4.78 is 7.39. The molecular weight excluding hydrogens is 917 g/mol. The van der Waals surface area contributed by atoms with E-state index in [0.717, 1.165) is 77.7 Å². The largest absolute Gasteiger partial charge is 0.309 e. The number of aromatic nitrogens is 8. The third kappa shape index (κ3) is 7.18. The molecule has 0 unspecified atom stereocenters. The Hall–Kier alpha value is -10.3. The van der Waals surface area contributed by atoms with Gasteiger partial charge in [-0.05, 0) is 96.1 Å². The molecule has 0 saturated heterocycles. The lowest BCUT2D eigenvalue weighted by molar-refractivity contribution is 1.04. The highest BCUT2D eigenvalue weighted by Crippen LogP contribution is 2.48. The predicted octanol–water partition coefficient (Wildman–Crippen LogP) is 16.4. The highest BCUT2D eigenvalue weighted by Gasteiger charge is 2.27. The molecule has 8 nitrogen and oxygen atoms in total. The summed E-state index contributed by atoms with van der Waals surface area (Å²) in [6.07, 6.45) is 13.5. The Kier molecular flexibility index (Phi) is 10.5. The maximum Gasteiger partial charge on any atom is 0.182 e. The van der Waals surface area contributed by atoms with Crippen molar-refractivity contribution in [3.8, 4) is 62.6 Å². The van der Waals surface area contributed by atoms with Crippen molar-refractivity contribution in [2.75, 3.05) is 0 Å². The van der Waals surface area contributed by atoms with Gasteiger partial charge in [-0.3, -0.25) is 9.97 Å². The lowest BCUT2D eigenvalue weighted by Crippen LogP contribution is -2.04. The van der Waals surface area contributed by atoms with Crippen molar-refractivity contribution in [1.29, 1.82) is 0 Å². The van der Waals surface area contributed by atoms with E-state index in [1.165, 1.54) is 27.1 Å². The second kappa shape index (κ2) is 18.1. The molecule has 8 aromatic carbocycles. The topological polar surface area (TPSA) is 79.2 Å². The minimum absolute atomic E-state index is 0.458.